The second-order valence-electron chi connectivity index (χ2n) is 6.93. The Hall–Kier alpha value is -3.06. The highest BCUT2D eigenvalue weighted by molar-refractivity contribution is 7.92. The lowest BCUT2D eigenvalue weighted by molar-refractivity contribution is -0.116. The highest BCUT2D eigenvalue weighted by atomic mass is 32.2. The van der Waals surface area contributed by atoms with Crippen molar-refractivity contribution < 1.29 is 17.9 Å². The van der Waals surface area contributed by atoms with Gasteiger partial charge in [-0.05, 0) is 43.0 Å². The van der Waals surface area contributed by atoms with Gasteiger partial charge in [0.15, 0.2) is 0 Å². The number of methoxy groups -OCH3 is 1. The molecule has 7 heteroatoms. The van der Waals surface area contributed by atoms with E-state index in [-0.39, 0.29) is 0 Å². The molecule has 3 rings (SSSR count). The molecule has 29 heavy (non-hydrogen) atoms. The molecule has 0 radical (unpaired) electrons. The monoisotopic (exact) mass is 412 g/mol. The molecule has 0 fully saturated rings. The molecule has 1 amide bonds. The summed E-state index contributed by atoms with van der Waals surface area (Å²) in [6.45, 7) is 3.41. The van der Waals surface area contributed by atoms with E-state index < -0.39 is 22.0 Å². The average molecular weight is 413 g/mol. The second-order valence-corrected chi connectivity index (χ2v) is 8.79. The molecule has 0 bridgehead atoms. The maximum absolute atomic E-state index is 13.0. The van der Waals surface area contributed by atoms with Gasteiger partial charge in [-0.2, -0.15) is 0 Å². The largest absolute Gasteiger partial charge is 0.495 e. The van der Waals surface area contributed by atoms with Crippen molar-refractivity contribution in [2.24, 2.45) is 0 Å². The van der Waals surface area contributed by atoms with Crippen LogP contribution < -0.4 is 14.4 Å². The Morgan fingerprint density at radius 1 is 1.07 bits per heavy atom. The van der Waals surface area contributed by atoms with Crippen molar-refractivity contribution in [1.29, 1.82) is 0 Å². The summed E-state index contributed by atoms with van der Waals surface area (Å²) < 4.78 is 31.7. The van der Waals surface area contributed by atoms with Crippen molar-refractivity contribution in [2.45, 2.75) is 19.9 Å². The molecule has 3 aromatic rings. The third kappa shape index (κ3) is 4.35. The van der Waals surface area contributed by atoms with Crippen LogP contribution in [-0.4, -0.2) is 33.7 Å². The number of nitrogens with one attached hydrogen (secondary N) is 1. The fourth-order valence-electron chi connectivity index (χ4n) is 3.32. The normalized spacial score (nSPS) is 12.4. The smallest absolute Gasteiger partial charge is 0.248 e. The Labute approximate surface area is 171 Å². The van der Waals surface area contributed by atoms with E-state index in [2.05, 4.69) is 5.32 Å². The first kappa shape index (κ1) is 20.7. The number of benzene rings is 3. The van der Waals surface area contributed by atoms with Gasteiger partial charge in [-0.1, -0.05) is 42.5 Å². The molecule has 0 aliphatic carbocycles. The quantitative estimate of drug-likeness (QED) is 0.665. The average Bonchev–Trinajstić information content (AvgIpc) is 2.67. The number of hydrogen-bond donors (Lipinski definition) is 1. The second kappa shape index (κ2) is 8.13. The zero-order chi connectivity index (χ0) is 21.2. The molecule has 0 spiro atoms. The minimum atomic E-state index is -3.75. The number of amides is 1. The summed E-state index contributed by atoms with van der Waals surface area (Å²) in [6, 6.07) is 17.5. The molecular weight excluding hydrogens is 388 g/mol. The molecule has 0 aliphatic rings. The zero-order valence-electron chi connectivity index (χ0n) is 16.8. The number of carbonyl (C=O) groups is 1. The van der Waals surface area contributed by atoms with Crippen molar-refractivity contribution in [2.75, 3.05) is 23.0 Å². The SMILES string of the molecule is COc1ccc(C)cc1N(C(C)C(=O)Nc1cccc2ccccc12)S(C)(=O)=O. The number of carbonyl (C=O) groups excluding carboxylic acids is 1. The number of anilines is 2. The molecule has 1 N–H and O–H groups in total. The van der Waals surface area contributed by atoms with Gasteiger partial charge in [0.25, 0.3) is 0 Å². The van der Waals surface area contributed by atoms with Gasteiger partial charge < -0.3 is 10.1 Å². The van der Waals surface area contributed by atoms with E-state index in [9.17, 15) is 13.2 Å². The lowest BCUT2D eigenvalue weighted by Crippen LogP contribution is -2.45. The third-order valence-corrected chi connectivity index (χ3v) is 5.94. The number of sulfonamides is 1. The highest BCUT2D eigenvalue weighted by Gasteiger charge is 2.31. The van der Waals surface area contributed by atoms with Crippen LogP contribution in [0.5, 0.6) is 5.75 Å². The molecule has 0 saturated carbocycles. The lowest BCUT2D eigenvalue weighted by Gasteiger charge is -2.29. The van der Waals surface area contributed by atoms with Crippen LogP contribution in [0.2, 0.25) is 0 Å². The van der Waals surface area contributed by atoms with E-state index in [1.165, 1.54) is 7.11 Å². The van der Waals surface area contributed by atoms with Gasteiger partial charge in [0.1, 0.15) is 11.8 Å². The number of aryl methyl sites for hydroxylation is 1. The first-order valence-electron chi connectivity index (χ1n) is 9.15. The van der Waals surface area contributed by atoms with Crippen molar-refractivity contribution in [3.05, 3.63) is 66.2 Å². The minimum absolute atomic E-state index is 0.329. The highest BCUT2D eigenvalue weighted by Crippen LogP contribution is 2.33. The number of fused-ring (bicyclic) bond motifs is 1. The molecule has 1 unspecified atom stereocenters. The summed E-state index contributed by atoms with van der Waals surface area (Å²) in [7, 11) is -2.29. The molecule has 0 heterocycles. The van der Waals surface area contributed by atoms with Crippen LogP contribution in [0.3, 0.4) is 0 Å². The van der Waals surface area contributed by atoms with E-state index in [0.717, 1.165) is 26.9 Å². The molecule has 0 aromatic heterocycles. The van der Waals surface area contributed by atoms with Crippen LogP contribution in [-0.2, 0) is 14.8 Å². The van der Waals surface area contributed by atoms with Crippen molar-refractivity contribution in [1.82, 2.24) is 0 Å². The Balaban J connectivity index is 2.00. The Kier molecular flexibility index (Phi) is 5.79. The molecular formula is C22H24N2O4S. The minimum Gasteiger partial charge on any atom is -0.495 e. The standard InChI is InChI=1S/C22H24N2O4S/c1-15-12-13-21(28-3)20(14-15)24(29(4,26)27)16(2)22(25)23-19-11-7-9-17-8-5-6-10-18(17)19/h5-14,16H,1-4H3,(H,23,25). The van der Waals surface area contributed by atoms with Crippen molar-refractivity contribution in [3.8, 4) is 5.75 Å². The first-order valence-corrected chi connectivity index (χ1v) is 11.0. The van der Waals surface area contributed by atoms with Gasteiger partial charge in [-0.15, -0.1) is 0 Å². The molecule has 0 aliphatic heterocycles. The van der Waals surface area contributed by atoms with Gasteiger partial charge in [0, 0.05) is 11.1 Å². The lowest BCUT2D eigenvalue weighted by atomic mass is 10.1. The van der Waals surface area contributed by atoms with Crippen LogP contribution in [0.15, 0.2) is 60.7 Å². The summed E-state index contributed by atoms with van der Waals surface area (Å²) in [6.07, 6.45) is 1.08. The Morgan fingerprint density at radius 3 is 2.45 bits per heavy atom. The fourth-order valence-corrected chi connectivity index (χ4v) is 4.49. The Bertz CT molecular complexity index is 1150. The zero-order valence-corrected chi connectivity index (χ0v) is 17.7. The maximum atomic E-state index is 13.0. The Morgan fingerprint density at radius 2 is 1.76 bits per heavy atom. The van der Waals surface area contributed by atoms with Crippen molar-refractivity contribution in [3.63, 3.8) is 0 Å². The van der Waals surface area contributed by atoms with Crippen LogP contribution >= 0.6 is 0 Å². The van der Waals surface area contributed by atoms with E-state index in [0.29, 0.717) is 17.1 Å². The maximum Gasteiger partial charge on any atom is 0.248 e. The summed E-state index contributed by atoms with van der Waals surface area (Å²) >= 11 is 0. The van der Waals surface area contributed by atoms with E-state index >= 15 is 0 Å². The van der Waals surface area contributed by atoms with E-state index in [1.807, 2.05) is 49.4 Å². The van der Waals surface area contributed by atoms with Crippen LogP contribution in [0, 0.1) is 6.92 Å². The van der Waals surface area contributed by atoms with Crippen LogP contribution in [0.25, 0.3) is 10.8 Å². The van der Waals surface area contributed by atoms with Gasteiger partial charge in [-0.25, -0.2) is 8.42 Å². The number of hydrogen-bond acceptors (Lipinski definition) is 4. The van der Waals surface area contributed by atoms with Crippen molar-refractivity contribution >= 4 is 38.1 Å². The molecule has 3 aromatic carbocycles. The summed E-state index contributed by atoms with van der Waals surface area (Å²) in [5, 5.41) is 4.74. The number of ether oxygens (including phenoxy) is 1. The van der Waals surface area contributed by atoms with Crippen LogP contribution in [0.1, 0.15) is 12.5 Å². The first-order chi connectivity index (χ1) is 13.7. The predicted octanol–water partition coefficient (Wildman–Crippen LogP) is 3.95. The predicted molar refractivity (Wildman–Crippen MR) is 117 cm³/mol. The number of nitrogens with zero attached hydrogens (tertiary/aromatic N) is 1. The third-order valence-electron chi connectivity index (χ3n) is 4.71. The summed E-state index contributed by atoms with van der Waals surface area (Å²) in [4.78, 5) is 13.0. The van der Waals surface area contributed by atoms with Gasteiger partial charge >= 0.3 is 0 Å². The number of rotatable bonds is 6. The molecule has 6 nitrogen and oxygen atoms in total. The molecule has 152 valence electrons. The summed E-state index contributed by atoms with van der Waals surface area (Å²) in [5.41, 5.74) is 1.82. The van der Waals surface area contributed by atoms with Gasteiger partial charge in [0.05, 0.1) is 19.1 Å². The fraction of sp³-hybridized carbons (Fsp3) is 0.227. The van der Waals surface area contributed by atoms with E-state index in [4.69, 9.17) is 4.74 Å². The summed E-state index contributed by atoms with van der Waals surface area (Å²) in [5.74, 6) is -0.0545. The van der Waals surface area contributed by atoms with E-state index in [1.54, 1.807) is 25.1 Å². The molecule has 0 saturated heterocycles. The molecule has 1 atom stereocenters. The van der Waals surface area contributed by atoms with Gasteiger partial charge in [-0.3, -0.25) is 9.10 Å². The van der Waals surface area contributed by atoms with Crippen LogP contribution in [0.4, 0.5) is 11.4 Å². The van der Waals surface area contributed by atoms with Gasteiger partial charge in [0.2, 0.25) is 15.9 Å². The topological polar surface area (TPSA) is 75.7 Å².